The quantitative estimate of drug-likeness (QED) is 0.385. The van der Waals surface area contributed by atoms with Crippen molar-refractivity contribution in [3.05, 3.63) is 76.6 Å². The fourth-order valence-corrected chi connectivity index (χ4v) is 3.34. The van der Waals surface area contributed by atoms with Crippen molar-refractivity contribution in [2.24, 2.45) is 11.5 Å². The number of nitrogens with one attached hydrogen (secondary N) is 2. The lowest BCUT2D eigenvalue weighted by atomic mass is 10.0. The van der Waals surface area contributed by atoms with Crippen LogP contribution >= 0.6 is 11.6 Å². The molecule has 6 N–H and O–H groups in total. The van der Waals surface area contributed by atoms with Gasteiger partial charge in [-0.3, -0.25) is 14.4 Å². The van der Waals surface area contributed by atoms with E-state index in [4.69, 9.17) is 23.1 Å². The van der Waals surface area contributed by atoms with Gasteiger partial charge in [-0.25, -0.2) is 9.37 Å². The van der Waals surface area contributed by atoms with Crippen LogP contribution in [0.25, 0.3) is 0 Å². The Morgan fingerprint density at radius 2 is 1.65 bits per heavy atom. The molecule has 0 atom stereocenters. The molecule has 0 spiro atoms. The predicted octanol–water partition coefficient (Wildman–Crippen LogP) is 3.41. The number of hydrogen-bond acceptors (Lipinski definition) is 5. The molecule has 11 heteroatoms. The molecule has 1 aromatic heterocycles. The lowest BCUT2D eigenvalue weighted by Gasteiger charge is -2.19. The number of rotatable bonds is 8. The van der Waals surface area contributed by atoms with Crippen molar-refractivity contribution in [2.45, 2.75) is 32.4 Å². The van der Waals surface area contributed by atoms with Crippen molar-refractivity contribution in [3.8, 4) is 0 Å². The number of nitrogens with zero attached hydrogens (tertiary/aromatic N) is 2. The number of amides is 3. The minimum absolute atomic E-state index is 0.0122. The van der Waals surface area contributed by atoms with E-state index in [-0.39, 0.29) is 22.0 Å². The number of anilines is 2. The first-order valence-electron chi connectivity index (χ1n) is 10.3. The number of halogens is 2. The smallest absolute Gasteiger partial charge is 0.276 e. The number of aryl methyl sites for hydroxylation is 1. The average Bonchev–Trinajstić information content (AvgIpc) is 3.17. The van der Waals surface area contributed by atoms with Crippen LogP contribution in [-0.4, -0.2) is 32.8 Å². The fourth-order valence-electron chi connectivity index (χ4n) is 3.08. The Kier molecular flexibility index (Phi) is 7.33. The van der Waals surface area contributed by atoms with E-state index in [1.165, 1.54) is 17.0 Å². The summed E-state index contributed by atoms with van der Waals surface area (Å²) in [5.74, 6) is -2.46. The van der Waals surface area contributed by atoms with Gasteiger partial charge in [0.25, 0.3) is 17.7 Å². The number of hydrogen-bond donors (Lipinski definition) is 4. The van der Waals surface area contributed by atoms with E-state index >= 15 is 0 Å². The molecule has 0 aliphatic heterocycles. The van der Waals surface area contributed by atoms with Gasteiger partial charge in [-0.1, -0.05) is 11.6 Å². The van der Waals surface area contributed by atoms with Crippen LogP contribution < -0.4 is 22.1 Å². The summed E-state index contributed by atoms with van der Waals surface area (Å²) >= 11 is 5.91. The number of nitrogens with two attached hydrogens (primary N) is 2. The highest BCUT2D eigenvalue weighted by Gasteiger charge is 2.23. The minimum atomic E-state index is -0.782. The van der Waals surface area contributed by atoms with Gasteiger partial charge in [0, 0.05) is 23.5 Å². The first-order chi connectivity index (χ1) is 15.9. The minimum Gasteiger partial charge on any atom is -0.364 e. The van der Waals surface area contributed by atoms with Crippen LogP contribution in [-0.2, 0) is 6.54 Å². The summed E-state index contributed by atoms with van der Waals surface area (Å²) < 4.78 is 14.7. The molecule has 3 aromatic rings. The second-order valence-electron chi connectivity index (χ2n) is 8.35. The van der Waals surface area contributed by atoms with Gasteiger partial charge < -0.3 is 26.7 Å². The first kappa shape index (κ1) is 24.9. The summed E-state index contributed by atoms with van der Waals surface area (Å²) in [6.45, 7) is 4.07. The van der Waals surface area contributed by atoms with E-state index in [1.54, 1.807) is 24.3 Å². The van der Waals surface area contributed by atoms with Crippen LogP contribution in [0.15, 0.2) is 48.8 Å². The van der Waals surface area contributed by atoms with Gasteiger partial charge in [0.2, 0.25) is 0 Å². The third-order valence-corrected chi connectivity index (χ3v) is 5.17. The van der Waals surface area contributed by atoms with Gasteiger partial charge in [0.1, 0.15) is 11.5 Å². The third kappa shape index (κ3) is 6.18. The Hall–Kier alpha value is -3.76. The van der Waals surface area contributed by atoms with Crippen molar-refractivity contribution in [1.82, 2.24) is 9.55 Å². The molecule has 178 valence electrons. The maximum Gasteiger partial charge on any atom is 0.276 e. The molecule has 3 rings (SSSR count). The maximum atomic E-state index is 13.2. The third-order valence-electron chi connectivity index (χ3n) is 4.86. The lowest BCUT2D eigenvalue weighted by molar-refractivity contribution is 0.0967. The molecule has 0 aliphatic carbocycles. The molecular weight excluding hydrogens is 463 g/mol. The molecule has 0 bridgehead atoms. The first-order valence-corrected chi connectivity index (χ1v) is 10.6. The number of benzene rings is 2. The van der Waals surface area contributed by atoms with E-state index in [2.05, 4.69) is 15.6 Å². The second kappa shape index (κ2) is 10.0. The zero-order valence-corrected chi connectivity index (χ0v) is 19.3. The zero-order valence-electron chi connectivity index (χ0n) is 18.6. The molecule has 2 aromatic carbocycles. The number of primary amides is 1. The second-order valence-corrected chi connectivity index (χ2v) is 8.75. The molecule has 0 radical (unpaired) electrons. The Labute approximate surface area is 200 Å². The average molecular weight is 487 g/mol. The molecule has 34 heavy (non-hydrogen) atoms. The zero-order chi connectivity index (χ0) is 25.0. The fraction of sp³-hybridized carbons (Fsp3) is 0.217. The van der Waals surface area contributed by atoms with Gasteiger partial charge in [-0.05, 0) is 62.7 Å². The lowest BCUT2D eigenvalue weighted by Crippen LogP contribution is -2.33. The molecule has 0 saturated carbocycles. The number of aromatic nitrogens is 2. The monoisotopic (exact) mass is 486 g/mol. The molecule has 3 amide bonds. The van der Waals surface area contributed by atoms with E-state index in [0.29, 0.717) is 24.3 Å². The van der Waals surface area contributed by atoms with Crippen molar-refractivity contribution in [1.29, 1.82) is 0 Å². The highest BCUT2D eigenvalue weighted by molar-refractivity contribution is 6.34. The van der Waals surface area contributed by atoms with Crippen molar-refractivity contribution >= 4 is 40.7 Å². The Bertz CT molecular complexity index is 1230. The van der Waals surface area contributed by atoms with Gasteiger partial charge in [0.05, 0.1) is 16.9 Å². The molecule has 0 aliphatic rings. The summed E-state index contributed by atoms with van der Waals surface area (Å²) in [6.07, 6.45) is 1.92. The molecular formula is C23H24ClFN6O3. The summed E-state index contributed by atoms with van der Waals surface area (Å²) in [6, 6.07) is 9.69. The molecule has 0 saturated heterocycles. The van der Waals surface area contributed by atoms with Crippen molar-refractivity contribution < 1.29 is 18.8 Å². The van der Waals surface area contributed by atoms with Crippen LogP contribution in [0.4, 0.5) is 15.8 Å². The van der Waals surface area contributed by atoms with E-state index in [1.807, 2.05) is 13.8 Å². The summed E-state index contributed by atoms with van der Waals surface area (Å²) in [7, 11) is 0. The highest BCUT2D eigenvalue weighted by Crippen LogP contribution is 2.21. The van der Waals surface area contributed by atoms with E-state index in [9.17, 15) is 18.8 Å². The van der Waals surface area contributed by atoms with Crippen LogP contribution in [0, 0.1) is 5.82 Å². The van der Waals surface area contributed by atoms with Crippen LogP contribution in [0.2, 0.25) is 5.02 Å². The van der Waals surface area contributed by atoms with Crippen LogP contribution in [0.3, 0.4) is 0 Å². The molecule has 0 fully saturated rings. The van der Waals surface area contributed by atoms with Gasteiger partial charge in [-0.2, -0.15) is 0 Å². The van der Waals surface area contributed by atoms with Gasteiger partial charge >= 0.3 is 0 Å². The number of carbonyl (C=O) groups excluding carboxylic acids is 3. The van der Waals surface area contributed by atoms with Crippen LogP contribution in [0.5, 0.6) is 0 Å². The van der Waals surface area contributed by atoms with E-state index in [0.717, 1.165) is 12.1 Å². The standard InChI is InChI=1S/C23H24ClFN6O3/c1-23(2,27)9-10-31-12-28-18(19(31)20(26)32)22(34)30-15-6-4-14(5-7-15)29-21(33)16-8-3-13(25)11-17(16)24/h3-8,11-12H,9-10,27H2,1-2H3,(H2,26,32)(H,29,33)(H,30,34). The summed E-state index contributed by atoms with van der Waals surface area (Å²) in [4.78, 5) is 41.1. The normalized spacial score (nSPS) is 11.2. The molecule has 9 nitrogen and oxygen atoms in total. The predicted molar refractivity (Wildman–Crippen MR) is 127 cm³/mol. The Morgan fingerprint density at radius 3 is 2.18 bits per heavy atom. The molecule has 0 unspecified atom stereocenters. The van der Waals surface area contributed by atoms with E-state index < -0.39 is 29.1 Å². The van der Waals surface area contributed by atoms with Gasteiger partial charge in [-0.15, -0.1) is 0 Å². The highest BCUT2D eigenvalue weighted by atomic mass is 35.5. The summed E-state index contributed by atoms with van der Waals surface area (Å²) in [5, 5.41) is 5.27. The maximum absolute atomic E-state index is 13.2. The largest absolute Gasteiger partial charge is 0.364 e. The SMILES string of the molecule is CC(C)(N)CCn1cnc(C(=O)Nc2ccc(NC(=O)c3ccc(F)cc3Cl)cc2)c1C(N)=O. The Morgan fingerprint density at radius 1 is 1.06 bits per heavy atom. The molecule has 1 heterocycles. The van der Waals surface area contributed by atoms with Crippen LogP contribution in [0.1, 0.15) is 51.6 Å². The summed E-state index contributed by atoms with van der Waals surface area (Å²) in [5.41, 5.74) is 11.8. The van der Waals surface area contributed by atoms with Crippen molar-refractivity contribution in [3.63, 3.8) is 0 Å². The van der Waals surface area contributed by atoms with Gasteiger partial charge in [0.15, 0.2) is 5.69 Å². The van der Waals surface area contributed by atoms with Crippen molar-refractivity contribution in [2.75, 3.05) is 10.6 Å². The Balaban J connectivity index is 1.69. The number of carbonyl (C=O) groups is 3. The number of imidazole rings is 1. The topological polar surface area (TPSA) is 145 Å².